The molecular weight excluding hydrogens is 360 g/mol. The molecule has 0 radical (unpaired) electrons. The van der Waals surface area contributed by atoms with Crippen molar-refractivity contribution in [1.82, 2.24) is 4.98 Å². The molecule has 0 aliphatic carbocycles. The molecule has 3 rings (SSSR count). The molecule has 3 N–H and O–H groups in total. The van der Waals surface area contributed by atoms with Crippen molar-refractivity contribution in [3.8, 4) is 0 Å². The van der Waals surface area contributed by atoms with Gasteiger partial charge >= 0.3 is 0 Å². The first-order valence-corrected chi connectivity index (χ1v) is 10.4. The van der Waals surface area contributed by atoms with Crippen LogP contribution in [0.2, 0.25) is 0 Å². The molecule has 5 nitrogen and oxygen atoms in total. The smallest absolute Gasteiger partial charge is 0.265 e. The van der Waals surface area contributed by atoms with E-state index in [-0.39, 0.29) is 5.91 Å². The number of hydrogen-bond donors (Lipinski definition) is 2. The molecule has 8 heteroatoms. The summed E-state index contributed by atoms with van der Waals surface area (Å²) in [6.07, 6.45) is 6.33. The predicted molar refractivity (Wildman–Crippen MR) is 104 cm³/mol. The molecule has 2 aromatic heterocycles. The minimum Gasteiger partial charge on any atom is -0.379 e. The van der Waals surface area contributed by atoms with Gasteiger partial charge in [0.25, 0.3) is 5.91 Å². The van der Waals surface area contributed by atoms with Gasteiger partial charge in [-0.25, -0.2) is 0 Å². The van der Waals surface area contributed by atoms with Crippen molar-refractivity contribution in [2.45, 2.75) is 23.1 Å². The quantitative estimate of drug-likeness (QED) is 0.791. The molecule has 0 fully saturated rings. The number of nitrogens with zero attached hydrogens (tertiary/aromatic N) is 2. The molecule has 0 bridgehead atoms. The lowest BCUT2D eigenvalue weighted by atomic mass is 9.91. The van der Waals surface area contributed by atoms with Gasteiger partial charge < -0.3 is 11.1 Å². The number of amidine groups is 1. The number of anilines is 1. The molecular formula is C16H18N4OS3. The highest BCUT2D eigenvalue weighted by atomic mass is 32.2. The zero-order valence-corrected chi connectivity index (χ0v) is 15.9. The zero-order valence-electron chi connectivity index (χ0n) is 13.4. The van der Waals surface area contributed by atoms with E-state index in [1.165, 1.54) is 11.3 Å². The van der Waals surface area contributed by atoms with Gasteiger partial charge in [-0.3, -0.25) is 14.8 Å². The summed E-state index contributed by atoms with van der Waals surface area (Å²) in [4.78, 5) is 21.9. The predicted octanol–water partition coefficient (Wildman–Crippen LogP) is 3.78. The van der Waals surface area contributed by atoms with E-state index in [0.29, 0.717) is 15.7 Å². The molecule has 2 aromatic rings. The summed E-state index contributed by atoms with van der Waals surface area (Å²) in [5.41, 5.74) is 7.12. The second kappa shape index (κ2) is 7.16. The first-order chi connectivity index (χ1) is 11.5. The summed E-state index contributed by atoms with van der Waals surface area (Å²) < 4.78 is 1.11. The number of nitrogens with two attached hydrogens (primary N) is 1. The Hall–Kier alpha value is -1.51. The molecule has 0 unspecified atom stereocenters. The van der Waals surface area contributed by atoms with Crippen LogP contribution in [0.15, 0.2) is 39.8 Å². The molecule has 24 heavy (non-hydrogen) atoms. The van der Waals surface area contributed by atoms with Crippen LogP contribution in [0.5, 0.6) is 0 Å². The lowest BCUT2D eigenvalue weighted by Crippen LogP contribution is -2.29. The number of thiophene rings is 1. The van der Waals surface area contributed by atoms with E-state index in [2.05, 4.69) is 15.3 Å². The maximum atomic E-state index is 12.4. The number of carbonyl (C=O) groups is 1. The molecule has 0 aromatic carbocycles. The third kappa shape index (κ3) is 3.76. The number of pyridine rings is 1. The Morgan fingerprint density at radius 3 is 2.96 bits per heavy atom. The Balaban J connectivity index is 1.80. The van der Waals surface area contributed by atoms with Crippen molar-refractivity contribution < 1.29 is 4.79 Å². The number of amides is 1. The van der Waals surface area contributed by atoms with E-state index < -0.39 is 5.54 Å². The van der Waals surface area contributed by atoms with Crippen LogP contribution in [0.3, 0.4) is 0 Å². The van der Waals surface area contributed by atoms with Crippen LogP contribution in [0.4, 0.5) is 5.69 Å². The van der Waals surface area contributed by atoms with Gasteiger partial charge in [-0.05, 0) is 43.4 Å². The lowest BCUT2D eigenvalue weighted by Gasteiger charge is -2.29. The Morgan fingerprint density at radius 1 is 1.42 bits per heavy atom. The number of rotatable bonds is 4. The lowest BCUT2D eigenvalue weighted by molar-refractivity contribution is 0.103. The molecule has 126 valence electrons. The Kier molecular flexibility index (Phi) is 5.17. The van der Waals surface area contributed by atoms with Gasteiger partial charge in [0, 0.05) is 11.9 Å². The topological polar surface area (TPSA) is 80.4 Å². The minimum atomic E-state index is -0.391. The van der Waals surface area contributed by atoms with Crippen molar-refractivity contribution in [2.24, 2.45) is 10.7 Å². The normalized spacial score (nSPS) is 20.5. The Morgan fingerprint density at radius 2 is 2.25 bits per heavy atom. The fourth-order valence-corrected chi connectivity index (χ4v) is 4.86. The molecule has 1 amide bonds. The van der Waals surface area contributed by atoms with E-state index in [4.69, 9.17) is 5.73 Å². The summed E-state index contributed by atoms with van der Waals surface area (Å²) in [5.74, 6) is 0.807. The number of nitrogens with one attached hydrogen (secondary N) is 1. The molecule has 1 aliphatic rings. The monoisotopic (exact) mass is 378 g/mol. The Labute approximate surface area is 153 Å². The largest absolute Gasteiger partial charge is 0.379 e. The molecule has 1 aliphatic heterocycles. The van der Waals surface area contributed by atoms with Gasteiger partial charge in [-0.1, -0.05) is 11.8 Å². The second-order valence-corrected chi connectivity index (χ2v) is 8.87. The standard InChI is InChI=1S/C16H18N4OS3/c1-16(5-6-23-15(17)20-16)10-7-11(9-18-8-10)19-14(21)12-3-4-13(22-2)24-12/h3-4,7-9H,5-6H2,1-2H3,(H2,17,20)(H,19,21)/t16-/m0/s1. The summed E-state index contributed by atoms with van der Waals surface area (Å²) >= 11 is 4.68. The molecule has 1 atom stereocenters. The first kappa shape index (κ1) is 17.3. The number of aliphatic imine (C=N–C) groups is 1. The third-order valence-electron chi connectivity index (χ3n) is 3.82. The number of thioether (sulfide) groups is 2. The van der Waals surface area contributed by atoms with E-state index >= 15 is 0 Å². The molecule has 0 spiro atoms. The fraction of sp³-hybridized carbons (Fsp3) is 0.312. The van der Waals surface area contributed by atoms with Crippen LogP contribution in [-0.2, 0) is 5.54 Å². The average Bonchev–Trinajstić information content (AvgIpc) is 3.04. The Bertz CT molecular complexity index is 789. The van der Waals surface area contributed by atoms with Gasteiger partial charge in [-0.2, -0.15) is 0 Å². The SMILES string of the molecule is CSc1ccc(C(=O)Nc2cncc([C@]3(C)CCSC(N)=N3)c2)s1. The van der Waals surface area contributed by atoms with Crippen LogP contribution < -0.4 is 11.1 Å². The average molecular weight is 379 g/mol. The highest BCUT2D eigenvalue weighted by molar-refractivity contribution is 8.13. The highest BCUT2D eigenvalue weighted by Crippen LogP contribution is 2.35. The van der Waals surface area contributed by atoms with E-state index in [1.54, 1.807) is 35.9 Å². The fourth-order valence-electron chi connectivity index (χ4n) is 2.44. The summed E-state index contributed by atoms with van der Waals surface area (Å²) in [5, 5.41) is 3.52. The maximum Gasteiger partial charge on any atom is 0.265 e. The number of aromatic nitrogens is 1. The number of hydrogen-bond acceptors (Lipinski definition) is 7. The molecule has 3 heterocycles. The van der Waals surface area contributed by atoms with Gasteiger partial charge in [-0.15, -0.1) is 23.1 Å². The van der Waals surface area contributed by atoms with Crippen molar-refractivity contribution in [1.29, 1.82) is 0 Å². The molecule has 0 saturated carbocycles. The van der Waals surface area contributed by atoms with Crippen molar-refractivity contribution >= 4 is 51.6 Å². The third-order valence-corrected chi connectivity index (χ3v) is 6.78. The first-order valence-electron chi connectivity index (χ1n) is 7.39. The zero-order chi connectivity index (χ0) is 17.2. The van der Waals surface area contributed by atoms with Crippen molar-refractivity contribution in [2.75, 3.05) is 17.3 Å². The van der Waals surface area contributed by atoms with E-state index in [0.717, 1.165) is 21.9 Å². The summed E-state index contributed by atoms with van der Waals surface area (Å²) in [6.45, 7) is 2.05. The van der Waals surface area contributed by atoms with Crippen LogP contribution in [-0.4, -0.2) is 28.1 Å². The van der Waals surface area contributed by atoms with Crippen molar-refractivity contribution in [3.05, 3.63) is 41.0 Å². The van der Waals surface area contributed by atoms with Gasteiger partial charge in [0.15, 0.2) is 5.17 Å². The number of carbonyl (C=O) groups excluding carboxylic acids is 1. The van der Waals surface area contributed by atoms with E-state index in [1.807, 2.05) is 31.4 Å². The molecule has 0 saturated heterocycles. The van der Waals surface area contributed by atoms with Crippen LogP contribution in [0.25, 0.3) is 0 Å². The van der Waals surface area contributed by atoms with Gasteiger partial charge in [0.05, 0.1) is 26.5 Å². The van der Waals surface area contributed by atoms with E-state index in [9.17, 15) is 4.79 Å². The second-order valence-electron chi connectivity index (χ2n) is 5.56. The highest BCUT2D eigenvalue weighted by Gasteiger charge is 2.30. The summed E-state index contributed by atoms with van der Waals surface area (Å²) in [7, 11) is 0. The van der Waals surface area contributed by atoms with Gasteiger partial charge in [0.1, 0.15) is 0 Å². The van der Waals surface area contributed by atoms with Crippen LogP contribution >= 0.6 is 34.9 Å². The summed E-state index contributed by atoms with van der Waals surface area (Å²) in [6, 6.07) is 5.73. The maximum absolute atomic E-state index is 12.4. The van der Waals surface area contributed by atoms with Crippen LogP contribution in [0, 0.1) is 0 Å². The van der Waals surface area contributed by atoms with Crippen molar-refractivity contribution in [3.63, 3.8) is 0 Å². The van der Waals surface area contributed by atoms with Gasteiger partial charge in [0.2, 0.25) is 0 Å². The minimum absolute atomic E-state index is 0.119. The van der Waals surface area contributed by atoms with Crippen LogP contribution in [0.1, 0.15) is 28.6 Å².